The number of methoxy groups -OCH3 is 2. The Kier molecular flexibility index (Phi) is 5.47. The first-order chi connectivity index (χ1) is 11.6. The summed E-state index contributed by atoms with van der Waals surface area (Å²) in [4.78, 5) is 11.4. The minimum absolute atomic E-state index is 0.330. The van der Waals surface area contributed by atoms with Crippen LogP contribution in [-0.4, -0.2) is 57.5 Å². The van der Waals surface area contributed by atoms with Crippen molar-refractivity contribution in [1.82, 2.24) is 0 Å². The third-order valence-electron chi connectivity index (χ3n) is 4.16. The molecule has 0 bridgehead atoms. The lowest BCUT2D eigenvalue weighted by Crippen LogP contribution is -2.63. The molecule has 2 aliphatic heterocycles. The highest BCUT2D eigenvalue weighted by Crippen LogP contribution is 2.36. The molecule has 0 aliphatic carbocycles. The predicted octanol–water partition coefficient (Wildman–Crippen LogP) is 1.42. The summed E-state index contributed by atoms with van der Waals surface area (Å²) in [6.07, 6.45) is -3.30. The highest BCUT2D eigenvalue weighted by molar-refractivity contribution is 5.66. The Morgan fingerprint density at radius 2 is 1.83 bits per heavy atom. The topological polar surface area (TPSA) is 72.5 Å². The smallest absolute Gasteiger partial charge is 0.303 e. The molecule has 7 heteroatoms. The van der Waals surface area contributed by atoms with Gasteiger partial charge in [-0.25, -0.2) is 0 Å². The fraction of sp³-hybridized carbons (Fsp3) is 0.588. The van der Waals surface area contributed by atoms with E-state index >= 15 is 0 Å². The van der Waals surface area contributed by atoms with Crippen molar-refractivity contribution in [2.75, 3.05) is 20.8 Å². The Morgan fingerprint density at radius 1 is 1.08 bits per heavy atom. The van der Waals surface area contributed by atoms with Crippen LogP contribution in [0.2, 0.25) is 0 Å². The minimum atomic E-state index is -0.736. The van der Waals surface area contributed by atoms with E-state index < -0.39 is 36.9 Å². The van der Waals surface area contributed by atoms with Gasteiger partial charge in [-0.3, -0.25) is 4.79 Å². The first-order valence-electron chi connectivity index (χ1n) is 7.84. The van der Waals surface area contributed by atoms with Crippen molar-refractivity contribution in [3.8, 4) is 0 Å². The van der Waals surface area contributed by atoms with Crippen molar-refractivity contribution < 1.29 is 33.2 Å². The van der Waals surface area contributed by atoms with Gasteiger partial charge in [-0.15, -0.1) is 0 Å². The van der Waals surface area contributed by atoms with Crippen LogP contribution in [-0.2, 0) is 33.2 Å². The number of esters is 1. The molecule has 132 valence electrons. The number of carbonyl (C=O) groups is 1. The fourth-order valence-corrected chi connectivity index (χ4v) is 3.10. The molecule has 3 rings (SSSR count). The molecule has 2 saturated heterocycles. The SMILES string of the molecule is CO[C@H]1OC2COC(c3ccccc3)O[C@H]2[C@H](OC)C1OC(C)=O. The zero-order chi connectivity index (χ0) is 17.1. The van der Waals surface area contributed by atoms with Gasteiger partial charge in [0.25, 0.3) is 0 Å². The van der Waals surface area contributed by atoms with E-state index in [0.29, 0.717) is 6.61 Å². The van der Waals surface area contributed by atoms with E-state index in [-0.39, 0.29) is 6.10 Å². The number of fused-ring (bicyclic) bond motifs is 1. The molecular formula is C17H22O7. The van der Waals surface area contributed by atoms with Gasteiger partial charge in [0.05, 0.1) is 6.61 Å². The molecule has 7 nitrogen and oxygen atoms in total. The van der Waals surface area contributed by atoms with Gasteiger partial charge in [0.1, 0.15) is 18.3 Å². The number of carbonyl (C=O) groups excluding carboxylic acids is 1. The number of benzene rings is 1. The van der Waals surface area contributed by atoms with E-state index in [4.69, 9.17) is 28.4 Å². The third kappa shape index (κ3) is 3.45. The third-order valence-corrected chi connectivity index (χ3v) is 4.16. The van der Waals surface area contributed by atoms with E-state index in [1.807, 2.05) is 30.3 Å². The lowest BCUT2D eigenvalue weighted by molar-refractivity contribution is -0.361. The van der Waals surface area contributed by atoms with Gasteiger partial charge in [0, 0.05) is 26.7 Å². The van der Waals surface area contributed by atoms with Gasteiger partial charge in [-0.1, -0.05) is 30.3 Å². The van der Waals surface area contributed by atoms with Crippen molar-refractivity contribution in [3.63, 3.8) is 0 Å². The number of hydrogen-bond donors (Lipinski definition) is 0. The molecule has 0 N–H and O–H groups in total. The molecule has 0 spiro atoms. The minimum Gasteiger partial charge on any atom is -0.454 e. The first-order valence-corrected chi connectivity index (χ1v) is 7.84. The zero-order valence-corrected chi connectivity index (χ0v) is 13.9. The summed E-state index contributed by atoms with van der Waals surface area (Å²) in [6.45, 7) is 1.67. The maximum absolute atomic E-state index is 11.4. The lowest BCUT2D eigenvalue weighted by Gasteiger charge is -2.47. The van der Waals surface area contributed by atoms with Crippen molar-refractivity contribution in [2.45, 2.75) is 43.9 Å². The molecule has 0 aromatic heterocycles. The normalized spacial score (nSPS) is 36.0. The summed E-state index contributed by atoms with van der Waals surface area (Å²) in [5, 5.41) is 0. The molecule has 0 saturated carbocycles. The summed E-state index contributed by atoms with van der Waals surface area (Å²) < 4.78 is 33.9. The highest BCUT2D eigenvalue weighted by atomic mass is 16.8. The summed E-state index contributed by atoms with van der Waals surface area (Å²) >= 11 is 0. The largest absolute Gasteiger partial charge is 0.454 e. The Labute approximate surface area is 140 Å². The van der Waals surface area contributed by atoms with E-state index in [1.54, 1.807) is 7.11 Å². The van der Waals surface area contributed by atoms with Crippen LogP contribution in [0.4, 0.5) is 0 Å². The monoisotopic (exact) mass is 338 g/mol. The van der Waals surface area contributed by atoms with Gasteiger partial charge in [0.15, 0.2) is 18.7 Å². The number of rotatable bonds is 4. The second kappa shape index (κ2) is 7.58. The molecule has 6 atom stereocenters. The Hall–Kier alpha value is -1.51. The highest BCUT2D eigenvalue weighted by Gasteiger charge is 2.52. The van der Waals surface area contributed by atoms with Crippen LogP contribution in [0.5, 0.6) is 0 Å². The van der Waals surface area contributed by atoms with E-state index in [1.165, 1.54) is 14.0 Å². The summed E-state index contributed by atoms with van der Waals surface area (Å²) in [5.74, 6) is -0.433. The number of hydrogen-bond acceptors (Lipinski definition) is 7. The average Bonchev–Trinajstić information content (AvgIpc) is 2.61. The van der Waals surface area contributed by atoms with Gasteiger partial charge >= 0.3 is 5.97 Å². The fourth-order valence-electron chi connectivity index (χ4n) is 3.10. The summed E-state index contributed by atoms with van der Waals surface area (Å²) in [6, 6.07) is 9.62. The van der Waals surface area contributed by atoms with Gasteiger partial charge in [-0.2, -0.15) is 0 Å². The molecule has 1 aromatic carbocycles. The maximum Gasteiger partial charge on any atom is 0.303 e. The standard InChI is InChI=1S/C17H22O7/c1-10(18)22-15-14(19-2)13-12(23-17(15)20-3)9-21-16(24-13)11-7-5-4-6-8-11/h4-8,12-17H,9H2,1-3H3/t12?,13-,14+,15?,16?,17+/m1/s1. The van der Waals surface area contributed by atoms with E-state index in [0.717, 1.165) is 5.56 Å². The Bertz CT molecular complexity index is 549. The summed E-state index contributed by atoms with van der Waals surface area (Å²) in [7, 11) is 3.04. The Morgan fingerprint density at radius 3 is 2.46 bits per heavy atom. The molecule has 2 aliphatic rings. The van der Waals surface area contributed by atoms with Crippen molar-refractivity contribution in [2.24, 2.45) is 0 Å². The maximum atomic E-state index is 11.4. The van der Waals surface area contributed by atoms with Crippen LogP contribution >= 0.6 is 0 Å². The van der Waals surface area contributed by atoms with Gasteiger partial charge < -0.3 is 28.4 Å². The predicted molar refractivity (Wildman–Crippen MR) is 82.0 cm³/mol. The van der Waals surface area contributed by atoms with Crippen LogP contribution in [0.3, 0.4) is 0 Å². The molecule has 3 unspecified atom stereocenters. The lowest BCUT2D eigenvalue weighted by atomic mass is 9.97. The molecular weight excluding hydrogens is 316 g/mol. The van der Waals surface area contributed by atoms with Crippen LogP contribution in [0, 0.1) is 0 Å². The average molecular weight is 338 g/mol. The van der Waals surface area contributed by atoms with Crippen LogP contribution in [0.25, 0.3) is 0 Å². The molecule has 2 fully saturated rings. The Balaban J connectivity index is 1.80. The zero-order valence-electron chi connectivity index (χ0n) is 13.9. The van der Waals surface area contributed by atoms with Crippen LogP contribution in [0.15, 0.2) is 30.3 Å². The van der Waals surface area contributed by atoms with Crippen LogP contribution in [0.1, 0.15) is 18.8 Å². The van der Waals surface area contributed by atoms with Crippen molar-refractivity contribution in [1.29, 1.82) is 0 Å². The van der Waals surface area contributed by atoms with E-state index in [9.17, 15) is 4.79 Å². The quantitative estimate of drug-likeness (QED) is 0.769. The second-order valence-electron chi connectivity index (χ2n) is 5.73. The van der Waals surface area contributed by atoms with Crippen LogP contribution < -0.4 is 0 Å². The molecule has 2 heterocycles. The van der Waals surface area contributed by atoms with Crippen molar-refractivity contribution >= 4 is 5.97 Å². The second-order valence-corrected chi connectivity index (χ2v) is 5.73. The molecule has 1 aromatic rings. The number of ether oxygens (including phenoxy) is 6. The molecule has 0 amide bonds. The molecule has 24 heavy (non-hydrogen) atoms. The van der Waals surface area contributed by atoms with Gasteiger partial charge in [0.2, 0.25) is 0 Å². The van der Waals surface area contributed by atoms with E-state index in [2.05, 4.69) is 0 Å². The first kappa shape index (κ1) is 17.3. The molecule has 0 radical (unpaired) electrons. The van der Waals surface area contributed by atoms with Crippen molar-refractivity contribution in [3.05, 3.63) is 35.9 Å². The summed E-state index contributed by atoms with van der Waals surface area (Å²) in [5.41, 5.74) is 0.906. The van der Waals surface area contributed by atoms with Gasteiger partial charge in [-0.05, 0) is 0 Å².